The average molecular weight is 357 g/mol. The van der Waals surface area contributed by atoms with Gasteiger partial charge in [-0.05, 0) is 31.2 Å². The number of aryl methyl sites for hydroxylation is 1. The van der Waals surface area contributed by atoms with Crippen LogP contribution in [-0.2, 0) is 6.18 Å². The molecule has 2 rings (SSSR count). The number of carbonyl (C=O) groups excluding carboxylic acids is 1. The zero-order valence-corrected chi connectivity index (χ0v) is 13.1. The second-order valence-electron chi connectivity index (χ2n) is 4.96. The van der Waals surface area contributed by atoms with Gasteiger partial charge >= 0.3 is 6.18 Å². The van der Waals surface area contributed by atoms with Crippen LogP contribution in [0, 0.1) is 6.92 Å². The molecule has 4 nitrogen and oxygen atoms in total. The molecule has 126 valence electrons. The number of phenolic OH excluding ortho intramolecular Hbond substituents is 1. The number of carbonyl (C=O) groups is 1. The maximum Gasteiger partial charge on any atom is 0.416 e. The zero-order valence-electron chi connectivity index (χ0n) is 12.4. The first-order chi connectivity index (χ1) is 11.2. The van der Waals surface area contributed by atoms with Gasteiger partial charge in [-0.1, -0.05) is 29.3 Å². The summed E-state index contributed by atoms with van der Waals surface area (Å²) in [7, 11) is 0. The van der Waals surface area contributed by atoms with E-state index < -0.39 is 28.4 Å². The lowest BCUT2D eigenvalue weighted by Crippen LogP contribution is -2.17. The summed E-state index contributed by atoms with van der Waals surface area (Å²) < 4.78 is 38.2. The summed E-state index contributed by atoms with van der Waals surface area (Å²) in [6.45, 7) is 1.81. The van der Waals surface area contributed by atoms with Crippen LogP contribution in [0.5, 0.6) is 5.75 Å². The summed E-state index contributed by atoms with van der Waals surface area (Å²) in [5.74, 6) is -1.09. The number of rotatable bonds is 3. The molecule has 0 unspecified atom stereocenters. The Morgan fingerprint density at radius 2 is 2.00 bits per heavy atom. The van der Waals surface area contributed by atoms with Gasteiger partial charge in [0.25, 0.3) is 5.91 Å². The highest BCUT2D eigenvalue weighted by Gasteiger charge is 2.32. The Bertz CT molecular complexity index is 804. The van der Waals surface area contributed by atoms with E-state index in [0.29, 0.717) is 17.7 Å². The molecule has 0 aliphatic heterocycles. The Balaban J connectivity index is 2.20. The molecular formula is C16H12ClF3N2O2. The molecule has 8 heteroatoms. The number of nitrogens with one attached hydrogen (secondary N) is 1. The van der Waals surface area contributed by atoms with Crippen LogP contribution in [0.25, 0.3) is 0 Å². The first kappa shape index (κ1) is 17.8. The predicted molar refractivity (Wildman–Crippen MR) is 84.4 cm³/mol. The molecular weight excluding hydrogens is 345 g/mol. The highest BCUT2D eigenvalue weighted by Crippen LogP contribution is 2.36. The summed E-state index contributed by atoms with van der Waals surface area (Å²) in [5, 5.41) is 12.8. The number of halogens is 4. The lowest BCUT2D eigenvalue weighted by molar-refractivity contribution is -0.137. The number of hydrogen-bond acceptors (Lipinski definition) is 3. The maximum absolute atomic E-state index is 12.7. The van der Waals surface area contributed by atoms with Gasteiger partial charge in [0.1, 0.15) is 5.75 Å². The van der Waals surface area contributed by atoms with E-state index in [1.165, 1.54) is 0 Å². The second kappa shape index (κ2) is 6.92. The topological polar surface area (TPSA) is 61.7 Å². The lowest BCUT2D eigenvalue weighted by Gasteiger charge is -2.09. The van der Waals surface area contributed by atoms with Crippen LogP contribution >= 0.6 is 11.6 Å². The Hall–Kier alpha value is -2.54. The third-order valence-electron chi connectivity index (χ3n) is 3.07. The molecule has 2 aromatic rings. The van der Waals surface area contributed by atoms with Crippen molar-refractivity contribution in [1.29, 1.82) is 0 Å². The van der Waals surface area contributed by atoms with Gasteiger partial charge in [-0.15, -0.1) is 0 Å². The standard InChI is InChI=1S/C16H12ClF3N2O2/c1-9-3-2-4-10(5-9)15(24)22-21-8-11-6-12(16(18,19)20)7-13(17)14(11)23/h2-8,23H,1H3,(H,22,24)/b21-8+. The number of hydrogen-bond donors (Lipinski definition) is 2. The van der Waals surface area contributed by atoms with Crippen molar-refractivity contribution in [1.82, 2.24) is 5.43 Å². The minimum Gasteiger partial charge on any atom is -0.506 e. The third kappa shape index (κ3) is 4.26. The fourth-order valence-electron chi connectivity index (χ4n) is 1.89. The molecule has 0 fully saturated rings. The Labute approximate surface area is 140 Å². The molecule has 0 heterocycles. The Morgan fingerprint density at radius 1 is 1.29 bits per heavy atom. The lowest BCUT2D eigenvalue weighted by atomic mass is 10.1. The van der Waals surface area contributed by atoms with Crippen molar-refractivity contribution in [2.75, 3.05) is 0 Å². The summed E-state index contributed by atoms with van der Waals surface area (Å²) in [5.41, 5.74) is 2.09. The Kier molecular flexibility index (Phi) is 5.14. The van der Waals surface area contributed by atoms with Crippen molar-refractivity contribution < 1.29 is 23.1 Å². The molecule has 1 amide bonds. The fraction of sp³-hybridized carbons (Fsp3) is 0.125. The van der Waals surface area contributed by atoms with Crippen molar-refractivity contribution in [3.8, 4) is 5.75 Å². The van der Waals surface area contributed by atoms with E-state index in [1.807, 2.05) is 13.0 Å². The van der Waals surface area contributed by atoms with Gasteiger partial charge in [0.05, 0.1) is 16.8 Å². The number of amides is 1. The van der Waals surface area contributed by atoms with Gasteiger partial charge in [0.2, 0.25) is 0 Å². The van der Waals surface area contributed by atoms with Crippen LogP contribution in [0.3, 0.4) is 0 Å². The largest absolute Gasteiger partial charge is 0.506 e. The predicted octanol–water partition coefficient (Wildman–Crippen LogP) is 4.14. The quantitative estimate of drug-likeness (QED) is 0.641. The van der Waals surface area contributed by atoms with Gasteiger partial charge in [-0.2, -0.15) is 18.3 Å². The van der Waals surface area contributed by atoms with Crippen LogP contribution in [-0.4, -0.2) is 17.2 Å². The first-order valence-electron chi connectivity index (χ1n) is 6.68. The van der Waals surface area contributed by atoms with Gasteiger partial charge in [-0.25, -0.2) is 5.43 Å². The monoisotopic (exact) mass is 356 g/mol. The highest BCUT2D eigenvalue weighted by atomic mass is 35.5. The number of alkyl halides is 3. The molecule has 24 heavy (non-hydrogen) atoms. The highest BCUT2D eigenvalue weighted by molar-refractivity contribution is 6.32. The van der Waals surface area contributed by atoms with E-state index in [4.69, 9.17) is 11.6 Å². The number of aromatic hydroxyl groups is 1. The van der Waals surface area contributed by atoms with Crippen molar-refractivity contribution in [3.63, 3.8) is 0 Å². The van der Waals surface area contributed by atoms with Crippen molar-refractivity contribution in [3.05, 3.63) is 63.7 Å². The molecule has 0 saturated carbocycles. The molecule has 0 atom stereocenters. The summed E-state index contributed by atoms with van der Waals surface area (Å²) in [6, 6.07) is 7.98. The fourth-order valence-corrected chi connectivity index (χ4v) is 2.12. The number of hydrazone groups is 1. The molecule has 0 saturated heterocycles. The van der Waals surface area contributed by atoms with Crippen LogP contribution < -0.4 is 5.43 Å². The van der Waals surface area contributed by atoms with Crippen molar-refractivity contribution >= 4 is 23.7 Å². The molecule has 0 bridgehead atoms. The van der Waals surface area contributed by atoms with E-state index in [-0.39, 0.29) is 5.56 Å². The maximum atomic E-state index is 12.7. The smallest absolute Gasteiger partial charge is 0.416 e. The second-order valence-corrected chi connectivity index (χ2v) is 5.37. The van der Waals surface area contributed by atoms with Crippen molar-refractivity contribution in [2.24, 2.45) is 5.10 Å². The molecule has 0 spiro atoms. The molecule has 0 aliphatic rings. The normalized spacial score (nSPS) is 11.7. The van der Waals surface area contributed by atoms with Crippen LogP contribution in [0.2, 0.25) is 5.02 Å². The van der Waals surface area contributed by atoms with Gasteiger partial charge in [0.15, 0.2) is 0 Å². The van der Waals surface area contributed by atoms with E-state index in [1.54, 1.807) is 18.2 Å². The van der Waals surface area contributed by atoms with Crippen LogP contribution in [0.1, 0.15) is 27.0 Å². The molecule has 0 radical (unpaired) electrons. The molecule has 2 N–H and O–H groups in total. The molecule has 0 aliphatic carbocycles. The first-order valence-corrected chi connectivity index (χ1v) is 7.06. The minimum atomic E-state index is -4.62. The van der Waals surface area contributed by atoms with Crippen LogP contribution in [0.15, 0.2) is 41.5 Å². The number of benzene rings is 2. The van der Waals surface area contributed by atoms with Gasteiger partial charge in [0, 0.05) is 11.1 Å². The van der Waals surface area contributed by atoms with E-state index >= 15 is 0 Å². The third-order valence-corrected chi connectivity index (χ3v) is 3.36. The number of phenols is 1. The SMILES string of the molecule is Cc1cccc(C(=O)N/N=C/c2cc(C(F)(F)F)cc(Cl)c2O)c1. The minimum absolute atomic E-state index is 0.264. The van der Waals surface area contributed by atoms with E-state index in [0.717, 1.165) is 11.8 Å². The van der Waals surface area contributed by atoms with E-state index in [2.05, 4.69) is 10.5 Å². The molecule has 2 aromatic carbocycles. The van der Waals surface area contributed by atoms with Gasteiger partial charge < -0.3 is 5.11 Å². The molecule has 0 aromatic heterocycles. The zero-order chi connectivity index (χ0) is 17.9. The van der Waals surface area contributed by atoms with Gasteiger partial charge in [-0.3, -0.25) is 4.79 Å². The summed E-state index contributed by atoms with van der Waals surface area (Å²) in [6.07, 6.45) is -3.73. The van der Waals surface area contributed by atoms with Crippen LogP contribution in [0.4, 0.5) is 13.2 Å². The summed E-state index contributed by atoms with van der Waals surface area (Å²) in [4.78, 5) is 11.9. The van der Waals surface area contributed by atoms with Crippen molar-refractivity contribution in [2.45, 2.75) is 13.1 Å². The number of nitrogens with zero attached hydrogens (tertiary/aromatic N) is 1. The Morgan fingerprint density at radius 3 is 2.62 bits per heavy atom. The van der Waals surface area contributed by atoms with E-state index in [9.17, 15) is 23.1 Å². The summed E-state index contributed by atoms with van der Waals surface area (Å²) >= 11 is 5.58. The average Bonchev–Trinajstić information content (AvgIpc) is 2.50.